The van der Waals surface area contributed by atoms with E-state index in [9.17, 15) is 18.0 Å². The van der Waals surface area contributed by atoms with Crippen LogP contribution in [0.2, 0.25) is 5.15 Å². The summed E-state index contributed by atoms with van der Waals surface area (Å²) in [4.78, 5) is 18.1. The number of ether oxygens (including phenoxy) is 1. The van der Waals surface area contributed by atoms with Crippen LogP contribution in [-0.2, 0) is 11.3 Å². The predicted octanol–water partition coefficient (Wildman–Crippen LogP) is 4.09. The number of pyridine rings is 1. The summed E-state index contributed by atoms with van der Waals surface area (Å²) in [5.41, 5.74) is 1.27. The van der Waals surface area contributed by atoms with Gasteiger partial charge < -0.3 is 10.1 Å². The van der Waals surface area contributed by atoms with E-state index in [-0.39, 0.29) is 11.7 Å². The molecule has 0 bridgehead atoms. The van der Waals surface area contributed by atoms with Gasteiger partial charge >= 0.3 is 6.36 Å². The number of halogens is 4. The van der Waals surface area contributed by atoms with Crippen LogP contribution >= 0.6 is 11.6 Å². The SMILES string of the molecule is CC(C(=O)Nc1ccc(OC(F)(F)F)cc1)N(C)Cc1ccc(Cl)nc1. The van der Waals surface area contributed by atoms with Gasteiger partial charge in [0, 0.05) is 18.4 Å². The van der Waals surface area contributed by atoms with Gasteiger partial charge in [-0.1, -0.05) is 17.7 Å². The molecule has 0 fully saturated rings. The van der Waals surface area contributed by atoms with Gasteiger partial charge in [-0.25, -0.2) is 4.98 Å². The lowest BCUT2D eigenvalue weighted by molar-refractivity contribution is -0.274. The van der Waals surface area contributed by atoms with E-state index in [4.69, 9.17) is 11.6 Å². The van der Waals surface area contributed by atoms with E-state index in [1.54, 1.807) is 31.1 Å². The Hall–Kier alpha value is -2.32. The van der Waals surface area contributed by atoms with Gasteiger partial charge in [0.05, 0.1) is 6.04 Å². The van der Waals surface area contributed by atoms with Crippen LogP contribution in [0, 0.1) is 0 Å². The molecule has 1 unspecified atom stereocenters. The molecule has 1 amide bonds. The summed E-state index contributed by atoms with van der Waals surface area (Å²) in [5.74, 6) is -0.644. The summed E-state index contributed by atoms with van der Waals surface area (Å²) < 4.78 is 40.2. The van der Waals surface area contributed by atoms with Crippen molar-refractivity contribution in [3.05, 3.63) is 53.3 Å². The fraction of sp³-hybridized carbons (Fsp3) is 0.294. The second-order valence-electron chi connectivity index (χ2n) is 5.64. The molecular weight excluding hydrogens is 371 g/mol. The molecule has 1 heterocycles. The maximum Gasteiger partial charge on any atom is 0.573 e. The molecule has 26 heavy (non-hydrogen) atoms. The maximum atomic E-state index is 12.3. The van der Waals surface area contributed by atoms with E-state index in [1.807, 2.05) is 6.07 Å². The number of hydrogen-bond donors (Lipinski definition) is 1. The van der Waals surface area contributed by atoms with Gasteiger partial charge in [-0.2, -0.15) is 0 Å². The summed E-state index contributed by atoms with van der Waals surface area (Å²) in [6.07, 6.45) is -3.12. The average molecular weight is 388 g/mol. The minimum Gasteiger partial charge on any atom is -0.406 e. The molecular formula is C17H17ClF3N3O2. The number of nitrogens with zero attached hydrogens (tertiary/aromatic N) is 2. The van der Waals surface area contributed by atoms with Crippen molar-refractivity contribution < 1.29 is 22.7 Å². The second-order valence-corrected chi connectivity index (χ2v) is 6.03. The van der Waals surface area contributed by atoms with E-state index < -0.39 is 12.4 Å². The fourth-order valence-electron chi connectivity index (χ4n) is 2.11. The Morgan fingerprint density at radius 1 is 1.27 bits per heavy atom. The first-order valence-electron chi connectivity index (χ1n) is 7.61. The number of hydrogen-bond acceptors (Lipinski definition) is 4. The number of alkyl halides is 3. The topological polar surface area (TPSA) is 54.5 Å². The third-order valence-corrected chi connectivity index (χ3v) is 3.84. The third-order valence-electron chi connectivity index (χ3n) is 3.62. The maximum absolute atomic E-state index is 12.3. The normalized spacial score (nSPS) is 12.7. The first-order chi connectivity index (χ1) is 12.1. The Morgan fingerprint density at radius 3 is 2.46 bits per heavy atom. The summed E-state index contributed by atoms with van der Waals surface area (Å²) in [7, 11) is 1.78. The first kappa shape index (κ1) is 20.0. The van der Waals surface area contributed by atoms with Crippen molar-refractivity contribution in [2.75, 3.05) is 12.4 Å². The molecule has 0 saturated heterocycles. The smallest absolute Gasteiger partial charge is 0.406 e. The van der Waals surface area contributed by atoms with Crippen molar-refractivity contribution in [1.82, 2.24) is 9.88 Å². The highest BCUT2D eigenvalue weighted by Gasteiger charge is 2.31. The minimum absolute atomic E-state index is 0.293. The zero-order valence-electron chi connectivity index (χ0n) is 14.0. The number of carbonyl (C=O) groups excluding carboxylic acids is 1. The zero-order chi connectivity index (χ0) is 19.3. The number of nitrogens with one attached hydrogen (secondary N) is 1. The second kappa shape index (κ2) is 8.37. The Kier molecular flexibility index (Phi) is 6.44. The highest BCUT2D eigenvalue weighted by Crippen LogP contribution is 2.24. The van der Waals surface area contributed by atoms with Crippen LogP contribution < -0.4 is 10.1 Å². The Balaban J connectivity index is 1.92. The Bertz CT molecular complexity index is 736. The van der Waals surface area contributed by atoms with Gasteiger partial charge in [0.1, 0.15) is 10.9 Å². The summed E-state index contributed by atoms with van der Waals surface area (Å²) >= 11 is 5.74. The number of aromatic nitrogens is 1. The highest BCUT2D eigenvalue weighted by atomic mass is 35.5. The quantitative estimate of drug-likeness (QED) is 0.758. The van der Waals surface area contributed by atoms with Crippen LogP contribution in [0.4, 0.5) is 18.9 Å². The van der Waals surface area contributed by atoms with Gasteiger partial charge in [-0.05, 0) is 49.9 Å². The van der Waals surface area contributed by atoms with Crippen molar-refractivity contribution in [2.45, 2.75) is 25.9 Å². The predicted molar refractivity (Wildman–Crippen MR) is 91.9 cm³/mol. The molecule has 1 atom stereocenters. The standard InChI is InChI=1S/C17H17ClF3N3O2/c1-11(24(2)10-12-3-8-15(18)22-9-12)16(25)23-13-4-6-14(7-5-13)26-17(19,20)21/h3-9,11H,10H2,1-2H3,(H,23,25). The van der Waals surface area contributed by atoms with Crippen LogP contribution in [0.15, 0.2) is 42.6 Å². The van der Waals surface area contributed by atoms with Crippen molar-refractivity contribution in [3.8, 4) is 5.75 Å². The van der Waals surface area contributed by atoms with Gasteiger partial charge in [0.2, 0.25) is 5.91 Å². The van der Waals surface area contributed by atoms with Crippen molar-refractivity contribution in [1.29, 1.82) is 0 Å². The molecule has 0 radical (unpaired) electrons. The zero-order valence-corrected chi connectivity index (χ0v) is 14.8. The van der Waals surface area contributed by atoms with E-state index in [2.05, 4.69) is 15.0 Å². The summed E-state index contributed by atoms with van der Waals surface area (Å²) in [6.45, 7) is 2.21. The average Bonchev–Trinajstić information content (AvgIpc) is 2.56. The highest BCUT2D eigenvalue weighted by molar-refractivity contribution is 6.29. The molecule has 1 aromatic heterocycles. The molecule has 2 aromatic rings. The summed E-state index contributed by atoms with van der Waals surface area (Å²) in [6, 6.07) is 7.96. The monoisotopic (exact) mass is 387 g/mol. The molecule has 2 rings (SSSR count). The van der Waals surface area contributed by atoms with Gasteiger partial charge in [0.25, 0.3) is 0 Å². The van der Waals surface area contributed by atoms with Gasteiger partial charge in [-0.3, -0.25) is 9.69 Å². The van der Waals surface area contributed by atoms with Crippen molar-refractivity contribution in [3.63, 3.8) is 0 Å². The number of likely N-dealkylation sites (N-methyl/N-ethyl adjacent to an activating group) is 1. The Morgan fingerprint density at radius 2 is 1.92 bits per heavy atom. The first-order valence-corrected chi connectivity index (χ1v) is 7.99. The number of carbonyl (C=O) groups is 1. The molecule has 0 aliphatic rings. The van der Waals surface area contributed by atoms with Crippen LogP contribution in [0.3, 0.4) is 0 Å². The van der Waals surface area contributed by atoms with E-state index in [1.165, 1.54) is 12.1 Å². The molecule has 1 aromatic carbocycles. The fourth-order valence-corrected chi connectivity index (χ4v) is 2.22. The van der Waals surface area contributed by atoms with Crippen LogP contribution in [0.1, 0.15) is 12.5 Å². The largest absolute Gasteiger partial charge is 0.573 e. The van der Waals surface area contributed by atoms with Gasteiger partial charge in [-0.15, -0.1) is 13.2 Å². The van der Waals surface area contributed by atoms with Crippen LogP contribution in [-0.4, -0.2) is 35.2 Å². The Labute approximate surface area is 153 Å². The van der Waals surface area contributed by atoms with E-state index in [0.717, 1.165) is 17.7 Å². The lowest BCUT2D eigenvalue weighted by Crippen LogP contribution is -2.39. The molecule has 0 saturated carbocycles. The molecule has 0 spiro atoms. The summed E-state index contributed by atoms with van der Waals surface area (Å²) in [5, 5.41) is 3.04. The number of rotatable bonds is 6. The van der Waals surface area contributed by atoms with Gasteiger partial charge in [0.15, 0.2) is 0 Å². The van der Waals surface area contributed by atoms with Crippen molar-refractivity contribution in [2.24, 2.45) is 0 Å². The molecule has 5 nitrogen and oxygen atoms in total. The molecule has 0 aliphatic heterocycles. The number of amides is 1. The number of benzene rings is 1. The molecule has 1 N–H and O–H groups in total. The van der Waals surface area contributed by atoms with E-state index >= 15 is 0 Å². The molecule has 140 valence electrons. The number of anilines is 1. The van der Waals surface area contributed by atoms with E-state index in [0.29, 0.717) is 17.4 Å². The van der Waals surface area contributed by atoms with Crippen LogP contribution in [0.25, 0.3) is 0 Å². The lowest BCUT2D eigenvalue weighted by Gasteiger charge is -2.24. The molecule has 0 aliphatic carbocycles. The third kappa shape index (κ3) is 6.20. The molecule has 9 heteroatoms. The van der Waals surface area contributed by atoms with Crippen molar-refractivity contribution >= 4 is 23.2 Å². The lowest BCUT2D eigenvalue weighted by atomic mass is 10.2. The van der Waals surface area contributed by atoms with Crippen LogP contribution in [0.5, 0.6) is 5.75 Å². The minimum atomic E-state index is -4.75.